The molecule has 224 valence electrons. The Morgan fingerprint density at radius 1 is 1.12 bits per heavy atom. The lowest BCUT2D eigenvalue weighted by Gasteiger charge is -2.15. The molecule has 0 aliphatic heterocycles. The molecule has 4 aromatic rings. The van der Waals surface area contributed by atoms with Gasteiger partial charge in [0, 0.05) is 29.9 Å². The molecule has 4 rings (SSSR count). The molecule has 0 aliphatic rings. The molecule has 0 atom stereocenters. The van der Waals surface area contributed by atoms with Crippen LogP contribution in [0.2, 0.25) is 0 Å². The highest BCUT2D eigenvalue weighted by atomic mass is 16.5. The van der Waals surface area contributed by atoms with E-state index in [0.29, 0.717) is 64.8 Å². The summed E-state index contributed by atoms with van der Waals surface area (Å²) in [6.07, 6.45) is 6.64. The molecule has 1 amide bonds. The summed E-state index contributed by atoms with van der Waals surface area (Å²) in [7, 11) is 7.05. The van der Waals surface area contributed by atoms with Gasteiger partial charge in [-0.2, -0.15) is 5.10 Å². The first-order chi connectivity index (χ1) is 20.8. The second-order valence-electron chi connectivity index (χ2n) is 9.41. The fraction of sp³-hybridized carbons (Fsp3) is 0.258. The van der Waals surface area contributed by atoms with E-state index < -0.39 is 5.91 Å². The molecule has 0 radical (unpaired) electrons. The summed E-state index contributed by atoms with van der Waals surface area (Å²) >= 11 is 0. The fourth-order valence-corrected chi connectivity index (χ4v) is 4.27. The quantitative estimate of drug-likeness (QED) is 0.167. The molecule has 43 heavy (non-hydrogen) atoms. The van der Waals surface area contributed by atoms with Crippen molar-refractivity contribution >= 4 is 29.9 Å². The Labute approximate surface area is 250 Å². The van der Waals surface area contributed by atoms with E-state index in [4.69, 9.17) is 18.9 Å². The minimum atomic E-state index is -0.477. The summed E-state index contributed by atoms with van der Waals surface area (Å²) in [6, 6.07) is 10.6. The zero-order chi connectivity index (χ0) is 30.9. The predicted octanol–water partition coefficient (Wildman–Crippen LogP) is 5.16. The Kier molecular flexibility index (Phi) is 10.1. The second kappa shape index (κ2) is 14.1. The fourth-order valence-electron chi connectivity index (χ4n) is 4.27. The molecule has 0 bridgehead atoms. The number of pyridine rings is 2. The molecule has 0 unspecified atom stereocenters. The van der Waals surface area contributed by atoms with E-state index in [2.05, 4.69) is 32.1 Å². The van der Waals surface area contributed by atoms with Crippen molar-refractivity contribution in [2.75, 3.05) is 40.2 Å². The van der Waals surface area contributed by atoms with Gasteiger partial charge in [-0.3, -0.25) is 9.79 Å². The van der Waals surface area contributed by atoms with Crippen LogP contribution in [-0.2, 0) is 6.54 Å². The highest BCUT2D eigenvalue weighted by Gasteiger charge is 2.21. The Morgan fingerprint density at radius 3 is 2.51 bits per heavy atom. The smallest absolute Gasteiger partial charge is 0.281 e. The van der Waals surface area contributed by atoms with Gasteiger partial charge in [0.2, 0.25) is 0 Å². The van der Waals surface area contributed by atoms with E-state index >= 15 is 0 Å². The molecular weight excluding hydrogens is 550 g/mol. The van der Waals surface area contributed by atoms with Crippen molar-refractivity contribution in [3.63, 3.8) is 0 Å². The van der Waals surface area contributed by atoms with Crippen LogP contribution in [0.1, 0.15) is 35.5 Å². The minimum absolute atomic E-state index is 0.111. The zero-order valence-electron chi connectivity index (χ0n) is 25.1. The molecule has 0 fully saturated rings. The van der Waals surface area contributed by atoms with Crippen molar-refractivity contribution in [1.82, 2.24) is 24.6 Å². The van der Waals surface area contributed by atoms with Crippen molar-refractivity contribution in [2.24, 2.45) is 4.99 Å². The van der Waals surface area contributed by atoms with E-state index in [1.165, 1.54) is 6.20 Å². The van der Waals surface area contributed by atoms with Gasteiger partial charge >= 0.3 is 0 Å². The van der Waals surface area contributed by atoms with Crippen LogP contribution in [0.4, 0.5) is 11.5 Å². The Morgan fingerprint density at radius 2 is 1.88 bits per heavy atom. The molecule has 0 saturated heterocycles. The van der Waals surface area contributed by atoms with Gasteiger partial charge in [-0.25, -0.2) is 14.6 Å². The molecule has 0 spiro atoms. The summed E-state index contributed by atoms with van der Waals surface area (Å²) < 4.78 is 24.2. The number of carbonyl (C=O) groups excluding carboxylic acids is 1. The standard InChI is InChI=1S/C31H35N7O5/c1-8-24(22-15-25(40-6)26(41-7)16-23(22)32-3)43-21-12-13-28(34-17-21)35-31(39)29-27(42-9-2)19-38(36-29)30-20(18-37(4)5)11-10-14-33-30/h8,10-17,19H,3,9,18H2,1-2,4-7H3,(H,34,35,39)/b24-8+. The number of nitrogens with zero attached hydrogens (tertiary/aromatic N) is 6. The van der Waals surface area contributed by atoms with Gasteiger partial charge < -0.3 is 29.2 Å². The van der Waals surface area contributed by atoms with Gasteiger partial charge in [-0.05, 0) is 65.0 Å². The predicted molar refractivity (Wildman–Crippen MR) is 165 cm³/mol. The maximum absolute atomic E-state index is 13.3. The van der Waals surface area contributed by atoms with Gasteiger partial charge in [-0.1, -0.05) is 6.07 Å². The van der Waals surface area contributed by atoms with Crippen LogP contribution in [0.15, 0.2) is 66.1 Å². The summed E-state index contributed by atoms with van der Waals surface area (Å²) in [5.74, 6) is 2.78. The van der Waals surface area contributed by atoms with Crippen LogP contribution in [0, 0.1) is 0 Å². The topological polar surface area (TPSA) is 125 Å². The third-order valence-electron chi connectivity index (χ3n) is 6.17. The highest BCUT2D eigenvalue weighted by molar-refractivity contribution is 6.04. The summed E-state index contributed by atoms with van der Waals surface area (Å²) in [5, 5.41) is 7.30. The Balaban J connectivity index is 1.54. The number of anilines is 1. The number of allylic oxidation sites excluding steroid dienone is 1. The summed E-state index contributed by atoms with van der Waals surface area (Å²) in [5.41, 5.74) is 2.28. The third kappa shape index (κ3) is 7.16. The third-order valence-corrected chi connectivity index (χ3v) is 6.17. The molecule has 0 saturated carbocycles. The van der Waals surface area contributed by atoms with Crippen LogP contribution in [0.3, 0.4) is 0 Å². The van der Waals surface area contributed by atoms with E-state index in [-0.39, 0.29) is 5.69 Å². The number of aliphatic imine (C=N–C) groups is 1. The zero-order valence-corrected chi connectivity index (χ0v) is 25.1. The Bertz CT molecular complexity index is 1610. The number of ether oxygens (including phenoxy) is 4. The average molecular weight is 586 g/mol. The number of benzene rings is 1. The van der Waals surface area contributed by atoms with Crippen molar-refractivity contribution in [2.45, 2.75) is 20.4 Å². The molecule has 1 aromatic carbocycles. The monoisotopic (exact) mass is 585 g/mol. The molecule has 3 heterocycles. The minimum Gasteiger partial charge on any atom is -0.493 e. The van der Waals surface area contributed by atoms with E-state index in [1.54, 1.807) is 61.6 Å². The lowest BCUT2D eigenvalue weighted by atomic mass is 10.1. The number of amides is 1. The van der Waals surface area contributed by atoms with E-state index in [0.717, 1.165) is 5.56 Å². The Hall–Kier alpha value is -5.23. The second-order valence-corrected chi connectivity index (χ2v) is 9.41. The van der Waals surface area contributed by atoms with Gasteiger partial charge in [0.15, 0.2) is 28.8 Å². The normalized spacial score (nSPS) is 11.3. The summed E-state index contributed by atoms with van der Waals surface area (Å²) in [4.78, 5) is 28.3. The van der Waals surface area contributed by atoms with E-state index in [9.17, 15) is 4.79 Å². The van der Waals surface area contributed by atoms with Crippen molar-refractivity contribution in [3.8, 4) is 28.8 Å². The van der Waals surface area contributed by atoms with Crippen LogP contribution < -0.4 is 24.3 Å². The maximum atomic E-state index is 13.3. The molecule has 12 nitrogen and oxygen atoms in total. The molecule has 0 aliphatic carbocycles. The van der Waals surface area contributed by atoms with Crippen molar-refractivity contribution in [3.05, 3.63) is 77.9 Å². The van der Waals surface area contributed by atoms with E-state index in [1.807, 2.05) is 45.0 Å². The first kappa shape index (κ1) is 30.7. The number of aromatic nitrogens is 4. The number of methoxy groups -OCH3 is 2. The lowest BCUT2D eigenvalue weighted by Crippen LogP contribution is -2.16. The number of rotatable bonds is 13. The molecule has 3 aromatic heterocycles. The maximum Gasteiger partial charge on any atom is 0.281 e. The average Bonchev–Trinajstić information content (AvgIpc) is 3.44. The van der Waals surface area contributed by atoms with Crippen LogP contribution in [0.25, 0.3) is 11.6 Å². The number of hydrogen-bond acceptors (Lipinski definition) is 10. The van der Waals surface area contributed by atoms with Gasteiger partial charge in [0.1, 0.15) is 17.3 Å². The van der Waals surface area contributed by atoms with Gasteiger partial charge in [0.05, 0.1) is 38.9 Å². The van der Waals surface area contributed by atoms with Crippen LogP contribution >= 0.6 is 0 Å². The van der Waals surface area contributed by atoms with Crippen LogP contribution in [0.5, 0.6) is 23.0 Å². The van der Waals surface area contributed by atoms with Crippen molar-refractivity contribution < 1.29 is 23.7 Å². The molecule has 1 N–H and O–H groups in total. The highest BCUT2D eigenvalue weighted by Crippen LogP contribution is 2.38. The number of hydrogen-bond donors (Lipinski definition) is 1. The number of carbonyl (C=O) groups is 1. The summed E-state index contributed by atoms with van der Waals surface area (Å²) in [6.45, 7) is 8.35. The SMILES string of the molecule is C=Nc1cc(OC)c(OC)cc1/C(=C\C)Oc1ccc(NC(=O)c2nn(-c3ncccc3CN(C)C)cc2OCC)nc1. The molecule has 12 heteroatoms. The van der Waals surface area contributed by atoms with Gasteiger partial charge in [0.25, 0.3) is 5.91 Å². The largest absolute Gasteiger partial charge is 0.493 e. The first-order valence-electron chi connectivity index (χ1n) is 13.5. The number of nitrogens with one attached hydrogen (secondary N) is 1. The molecular formula is C31H35N7O5. The van der Waals surface area contributed by atoms with Gasteiger partial charge in [-0.15, -0.1) is 0 Å². The van der Waals surface area contributed by atoms with Crippen molar-refractivity contribution in [1.29, 1.82) is 0 Å². The lowest BCUT2D eigenvalue weighted by molar-refractivity contribution is 0.101. The van der Waals surface area contributed by atoms with Crippen LogP contribution in [-0.4, -0.2) is 72.2 Å². The first-order valence-corrected chi connectivity index (χ1v) is 13.5.